The molecule has 0 bridgehead atoms. The summed E-state index contributed by atoms with van der Waals surface area (Å²) < 4.78 is 60.9. The molecule has 2 aromatic carbocycles. The molecule has 3 aromatic rings. The first-order valence-electron chi connectivity index (χ1n) is 9.63. The van der Waals surface area contributed by atoms with Crippen LogP contribution in [0.1, 0.15) is 22.2 Å². The molecule has 6 nitrogen and oxygen atoms in total. The Bertz CT molecular complexity index is 1260. The summed E-state index contributed by atoms with van der Waals surface area (Å²) in [6, 6.07) is 7.69. The fourth-order valence-electron chi connectivity index (χ4n) is 3.72. The van der Waals surface area contributed by atoms with Gasteiger partial charge in [0, 0.05) is 16.1 Å². The van der Waals surface area contributed by atoms with E-state index in [2.05, 4.69) is 5.32 Å². The summed E-state index contributed by atoms with van der Waals surface area (Å²) in [5, 5.41) is 14.7. The number of Topliss-reactive ketones (excluding diaryl/α,β-unsaturated/α-hetero) is 1. The van der Waals surface area contributed by atoms with Gasteiger partial charge in [-0.3, -0.25) is 4.79 Å². The number of amides is 2. The summed E-state index contributed by atoms with van der Waals surface area (Å²) in [6.07, 6.45) is -5.45. The van der Waals surface area contributed by atoms with Crippen LogP contribution in [-0.2, 0) is 0 Å². The third-order valence-corrected chi connectivity index (χ3v) is 5.90. The van der Waals surface area contributed by atoms with Gasteiger partial charge in [0.25, 0.3) is 0 Å². The van der Waals surface area contributed by atoms with Crippen LogP contribution >= 0.6 is 23.2 Å². The molecule has 34 heavy (non-hydrogen) atoms. The number of urea groups is 1. The quantitative estimate of drug-likeness (QED) is 0.315. The number of nitrogens with one attached hydrogen (secondary N) is 2. The molecule has 1 aromatic heterocycles. The van der Waals surface area contributed by atoms with Gasteiger partial charge < -0.3 is 20.2 Å². The number of carbonyl (C=O) groups excluding carboxylic acids is 2. The Hall–Kier alpha value is -3.08. The smallest absolute Gasteiger partial charge is 0.437 e. The molecule has 0 unspecified atom stereocenters. The van der Waals surface area contributed by atoms with E-state index in [9.17, 15) is 32.3 Å². The summed E-state index contributed by atoms with van der Waals surface area (Å²) >= 11 is 12.0. The second-order valence-electron chi connectivity index (χ2n) is 7.52. The lowest BCUT2D eigenvalue weighted by Crippen LogP contribution is -2.72. The standard InChI is InChI=1S/C22H14Cl2F4N2O4/c23-11-3-6-13(14(24)9-11)15-7-8-16(34-15)18-17(19(31)10-1-4-12(25)5-2-10)21(33,22(26,27)28)30-20(32)29-18/h1-9,17-18,33H,(H2,29,30,32)/t17-,18+,21-/m0/s1. The highest BCUT2D eigenvalue weighted by atomic mass is 35.5. The summed E-state index contributed by atoms with van der Waals surface area (Å²) in [4.78, 5) is 25.3. The fraction of sp³-hybridized carbons (Fsp3) is 0.182. The summed E-state index contributed by atoms with van der Waals surface area (Å²) in [5.74, 6) is -4.38. The molecule has 1 saturated heterocycles. The van der Waals surface area contributed by atoms with Crippen molar-refractivity contribution in [1.29, 1.82) is 0 Å². The second kappa shape index (κ2) is 8.61. The van der Waals surface area contributed by atoms with Crippen LogP contribution in [0.3, 0.4) is 0 Å². The predicted octanol–water partition coefficient (Wildman–Crippen LogP) is 5.50. The molecule has 2 heterocycles. The molecule has 1 aliphatic rings. The average molecular weight is 517 g/mol. The number of furan rings is 1. The van der Waals surface area contributed by atoms with Crippen molar-refractivity contribution in [2.45, 2.75) is 17.9 Å². The Morgan fingerprint density at radius 1 is 1.06 bits per heavy atom. The van der Waals surface area contributed by atoms with Gasteiger partial charge in [-0.05, 0) is 54.6 Å². The first-order valence-corrected chi connectivity index (χ1v) is 10.4. The van der Waals surface area contributed by atoms with E-state index in [0.29, 0.717) is 10.6 Å². The first kappa shape index (κ1) is 24.1. The van der Waals surface area contributed by atoms with Crippen molar-refractivity contribution < 1.29 is 36.7 Å². The number of carbonyl (C=O) groups is 2. The maximum absolute atomic E-state index is 14.0. The molecular formula is C22H14Cl2F4N2O4. The Balaban J connectivity index is 1.82. The van der Waals surface area contributed by atoms with Crippen molar-refractivity contribution >= 4 is 35.0 Å². The molecule has 3 atom stereocenters. The van der Waals surface area contributed by atoms with Crippen molar-refractivity contribution in [2.24, 2.45) is 5.92 Å². The van der Waals surface area contributed by atoms with E-state index in [1.807, 2.05) is 0 Å². The monoisotopic (exact) mass is 516 g/mol. The molecule has 1 fully saturated rings. The maximum Gasteiger partial charge on any atom is 0.437 e. The van der Waals surface area contributed by atoms with Gasteiger partial charge in [-0.1, -0.05) is 23.2 Å². The molecule has 4 rings (SSSR count). The number of ketones is 1. The van der Waals surface area contributed by atoms with Crippen molar-refractivity contribution in [2.75, 3.05) is 0 Å². The minimum Gasteiger partial charge on any atom is -0.459 e. The molecule has 0 radical (unpaired) electrons. The van der Waals surface area contributed by atoms with E-state index in [4.69, 9.17) is 27.6 Å². The highest BCUT2D eigenvalue weighted by molar-refractivity contribution is 6.36. The highest BCUT2D eigenvalue weighted by Crippen LogP contribution is 2.45. The van der Waals surface area contributed by atoms with Crippen LogP contribution in [0.2, 0.25) is 10.0 Å². The minimum atomic E-state index is -5.45. The fourth-order valence-corrected chi connectivity index (χ4v) is 4.23. The third-order valence-electron chi connectivity index (χ3n) is 5.35. The summed E-state index contributed by atoms with van der Waals surface area (Å²) in [7, 11) is 0. The van der Waals surface area contributed by atoms with Gasteiger partial charge >= 0.3 is 12.2 Å². The summed E-state index contributed by atoms with van der Waals surface area (Å²) in [6.45, 7) is 0. The Kier molecular flexibility index (Phi) is 6.09. The molecular weight excluding hydrogens is 503 g/mol. The lowest BCUT2D eigenvalue weighted by atomic mass is 9.79. The largest absolute Gasteiger partial charge is 0.459 e. The van der Waals surface area contributed by atoms with E-state index >= 15 is 0 Å². The van der Waals surface area contributed by atoms with Crippen LogP contribution in [0.4, 0.5) is 22.4 Å². The lowest BCUT2D eigenvalue weighted by molar-refractivity contribution is -0.288. The maximum atomic E-state index is 14.0. The zero-order valence-corrected chi connectivity index (χ0v) is 18.3. The number of alkyl halides is 3. The van der Waals surface area contributed by atoms with Crippen LogP contribution in [0.15, 0.2) is 59.0 Å². The van der Waals surface area contributed by atoms with Crippen LogP contribution < -0.4 is 10.6 Å². The molecule has 0 aliphatic carbocycles. The van der Waals surface area contributed by atoms with Gasteiger partial charge in [0.1, 0.15) is 29.3 Å². The third kappa shape index (κ3) is 4.24. The highest BCUT2D eigenvalue weighted by Gasteiger charge is 2.66. The molecule has 3 N–H and O–H groups in total. The SMILES string of the molecule is O=C1N[C@H](c2ccc(-c3ccc(Cl)cc3Cl)o2)[C@@H](C(=O)c2ccc(F)cc2)[C@](O)(C(F)(F)F)N1. The van der Waals surface area contributed by atoms with Crippen LogP contribution in [0, 0.1) is 11.7 Å². The number of benzene rings is 2. The average Bonchev–Trinajstić information content (AvgIpc) is 3.22. The number of hydrogen-bond donors (Lipinski definition) is 3. The van der Waals surface area contributed by atoms with Gasteiger partial charge in [0.2, 0.25) is 5.72 Å². The van der Waals surface area contributed by atoms with Crippen LogP contribution in [0.5, 0.6) is 0 Å². The number of rotatable bonds is 4. The van der Waals surface area contributed by atoms with Gasteiger partial charge in [-0.2, -0.15) is 13.2 Å². The zero-order valence-electron chi connectivity index (χ0n) is 16.8. The van der Waals surface area contributed by atoms with E-state index < -0.39 is 41.5 Å². The molecule has 178 valence electrons. The van der Waals surface area contributed by atoms with Crippen molar-refractivity contribution in [3.8, 4) is 11.3 Å². The Morgan fingerprint density at radius 3 is 2.35 bits per heavy atom. The molecule has 0 saturated carbocycles. The number of halogens is 6. The normalized spacial score (nSPS) is 22.7. The molecule has 12 heteroatoms. The first-order chi connectivity index (χ1) is 15.9. The second-order valence-corrected chi connectivity index (χ2v) is 8.36. The van der Waals surface area contributed by atoms with Gasteiger partial charge in [0.15, 0.2) is 5.78 Å². The molecule has 0 spiro atoms. The predicted molar refractivity (Wildman–Crippen MR) is 114 cm³/mol. The Morgan fingerprint density at radius 2 is 1.74 bits per heavy atom. The van der Waals surface area contributed by atoms with E-state index in [1.165, 1.54) is 35.6 Å². The van der Waals surface area contributed by atoms with Crippen molar-refractivity contribution in [3.63, 3.8) is 0 Å². The van der Waals surface area contributed by atoms with Gasteiger partial charge in [-0.15, -0.1) is 0 Å². The zero-order chi connectivity index (χ0) is 24.8. The van der Waals surface area contributed by atoms with Crippen LogP contribution in [-0.4, -0.2) is 28.8 Å². The van der Waals surface area contributed by atoms with Crippen molar-refractivity contribution in [3.05, 3.63) is 81.8 Å². The Labute approximate surface area is 199 Å². The molecule has 2 amide bonds. The van der Waals surface area contributed by atoms with Crippen molar-refractivity contribution in [1.82, 2.24) is 10.6 Å². The summed E-state index contributed by atoms with van der Waals surface area (Å²) in [5.41, 5.74) is -3.91. The van der Waals surface area contributed by atoms with Crippen LogP contribution in [0.25, 0.3) is 11.3 Å². The number of aliphatic hydroxyl groups is 1. The number of hydrogen-bond acceptors (Lipinski definition) is 4. The minimum absolute atomic E-state index is 0.118. The topological polar surface area (TPSA) is 91.6 Å². The lowest BCUT2D eigenvalue weighted by Gasteiger charge is -2.44. The van der Waals surface area contributed by atoms with E-state index in [0.717, 1.165) is 24.3 Å². The van der Waals surface area contributed by atoms with Gasteiger partial charge in [0.05, 0.1) is 5.02 Å². The van der Waals surface area contributed by atoms with E-state index in [1.54, 1.807) is 0 Å². The molecule has 1 aliphatic heterocycles. The van der Waals surface area contributed by atoms with Gasteiger partial charge in [-0.25, -0.2) is 9.18 Å². The van der Waals surface area contributed by atoms with E-state index in [-0.39, 0.29) is 22.1 Å².